The number of rotatable bonds is 7. The zero-order valence-electron chi connectivity index (χ0n) is 15.9. The zero-order valence-corrected chi connectivity index (χ0v) is 15.9. The lowest BCUT2D eigenvalue weighted by atomic mass is 10.1. The van der Waals surface area contributed by atoms with Crippen LogP contribution in [0.15, 0.2) is 48.7 Å². The molecule has 2 aromatic heterocycles. The highest BCUT2D eigenvalue weighted by atomic mass is 16.5. The molecule has 0 spiro atoms. The van der Waals surface area contributed by atoms with Gasteiger partial charge in [0, 0.05) is 30.1 Å². The largest absolute Gasteiger partial charge is 0.478 e. The summed E-state index contributed by atoms with van der Waals surface area (Å²) in [7, 11) is 0. The number of carbonyl (C=O) groups excluding carboxylic acids is 1. The van der Waals surface area contributed by atoms with E-state index in [0.29, 0.717) is 31.1 Å². The Morgan fingerprint density at radius 3 is 2.70 bits per heavy atom. The van der Waals surface area contributed by atoms with Gasteiger partial charge in [-0.25, -0.2) is 4.98 Å². The van der Waals surface area contributed by atoms with Crippen molar-refractivity contribution in [2.24, 2.45) is 0 Å². The van der Waals surface area contributed by atoms with E-state index in [2.05, 4.69) is 40.5 Å². The van der Waals surface area contributed by atoms with Crippen LogP contribution in [0, 0.1) is 13.8 Å². The van der Waals surface area contributed by atoms with Crippen LogP contribution in [0.5, 0.6) is 5.88 Å². The van der Waals surface area contributed by atoms with Crippen LogP contribution in [0.25, 0.3) is 0 Å². The predicted octanol–water partition coefficient (Wildman–Crippen LogP) is 3.27. The fraction of sp³-hybridized carbons (Fsp3) is 0.286. The number of nitrogens with one attached hydrogen (secondary N) is 1. The van der Waals surface area contributed by atoms with Crippen molar-refractivity contribution >= 4 is 5.91 Å². The van der Waals surface area contributed by atoms with E-state index in [1.54, 1.807) is 18.3 Å². The highest BCUT2D eigenvalue weighted by Gasteiger charge is 2.08. The Bertz CT molecular complexity index is 933. The molecule has 0 fully saturated rings. The van der Waals surface area contributed by atoms with Crippen LogP contribution in [-0.4, -0.2) is 27.3 Å². The Balaban J connectivity index is 1.63. The van der Waals surface area contributed by atoms with Crippen LogP contribution in [0.2, 0.25) is 0 Å². The molecule has 0 aliphatic carbocycles. The third-order valence-electron chi connectivity index (χ3n) is 4.17. The molecule has 2 heterocycles. The summed E-state index contributed by atoms with van der Waals surface area (Å²) in [4.78, 5) is 16.5. The predicted molar refractivity (Wildman–Crippen MR) is 104 cm³/mol. The van der Waals surface area contributed by atoms with E-state index in [9.17, 15) is 4.79 Å². The van der Waals surface area contributed by atoms with Crippen LogP contribution in [0.3, 0.4) is 0 Å². The Hall–Kier alpha value is -3.15. The number of nitrogens with zero attached hydrogens (tertiary/aromatic N) is 3. The molecule has 1 N–H and O–H groups in total. The van der Waals surface area contributed by atoms with Crippen LogP contribution in [-0.2, 0) is 13.1 Å². The maximum absolute atomic E-state index is 12.4. The third kappa shape index (κ3) is 4.94. The zero-order chi connectivity index (χ0) is 19.2. The average Bonchev–Trinajstić information content (AvgIpc) is 2.97. The maximum atomic E-state index is 12.4. The molecule has 140 valence electrons. The summed E-state index contributed by atoms with van der Waals surface area (Å²) in [5.41, 5.74) is 4.87. The number of ether oxygens (including phenoxy) is 1. The van der Waals surface area contributed by atoms with Gasteiger partial charge in [0.05, 0.1) is 18.8 Å². The Labute approximate surface area is 159 Å². The molecule has 1 amide bonds. The molecule has 0 saturated carbocycles. The van der Waals surface area contributed by atoms with Gasteiger partial charge in [0.15, 0.2) is 0 Å². The molecule has 0 bridgehead atoms. The molecular weight excluding hydrogens is 340 g/mol. The lowest BCUT2D eigenvalue weighted by Crippen LogP contribution is -2.23. The van der Waals surface area contributed by atoms with Crippen molar-refractivity contribution in [2.45, 2.75) is 33.9 Å². The van der Waals surface area contributed by atoms with Crippen LogP contribution >= 0.6 is 0 Å². The number of benzene rings is 1. The second-order valence-electron chi connectivity index (χ2n) is 6.40. The standard InChI is InChI=1S/C21H24N4O2/c1-4-27-20-12-19(8-9-22-20)21(26)23-13-17-6-5-7-18(11-17)14-25-16(3)10-15(2)24-25/h5-12H,4,13-14H2,1-3H3,(H,23,26). The van der Waals surface area contributed by atoms with Gasteiger partial charge in [-0.15, -0.1) is 0 Å². The van der Waals surface area contributed by atoms with Gasteiger partial charge < -0.3 is 10.1 Å². The molecular formula is C21H24N4O2. The van der Waals surface area contributed by atoms with Crippen LogP contribution in [0.4, 0.5) is 0 Å². The third-order valence-corrected chi connectivity index (χ3v) is 4.17. The Morgan fingerprint density at radius 2 is 1.96 bits per heavy atom. The van der Waals surface area contributed by atoms with Crippen molar-refractivity contribution < 1.29 is 9.53 Å². The van der Waals surface area contributed by atoms with Crippen molar-refractivity contribution in [1.29, 1.82) is 0 Å². The van der Waals surface area contributed by atoms with Crippen molar-refractivity contribution in [3.05, 3.63) is 76.7 Å². The number of pyridine rings is 1. The van der Waals surface area contributed by atoms with E-state index in [4.69, 9.17) is 4.74 Å². The minimum Gasteiger partial charge on any atom is -0.478 e. The minimum atomic E-state index is -0.151. The number of amides is 1. The summed E-state index contributed by atoms with van der Waals surface area (Å²) in [5, 5.41) is 7.45. The van der Waals surface area contributed by atoms with Gasteiger partial charge >= 0.3 is 0 Å². The van der Waals surface area contributed by atoms with E-state index < -0.39 is 0 Å². The average molecular weight is 364 g/mol. The molecule has 0 aliphatic heterocycles. The summed E-state index contributed by atoms with van der Waals surface area (Å²) in [6.45, 7) is 7.61. The molecule has 6 heteroatoms. The molecule has 0 aliphatic rings. The summed E-state index contributed by atoms with van der Waals surface area (Å²) >= 11 is 0. The fourth-order valence-electron chi connectivity index (χ4n) is 2.91. The maximum Gasteiger partial charge on any atom is 0.251 e. The van der Waals surface area contributed by atoms with Gasteiger partial charge in [0.2, 0.25) is 5.88 Å². The number of aryl methyl sites for hydroxylation is 2. The number of aromatic nitrogens is 3. The minimum absolute atomic E-state index is 0.151. The number of hydrogen-bond donors (Lipinski definition) is 1. The van der Waals surface area contributed by atoms with Crippen molar-refractivity contribution in [2.75, 3.05) is 6.61 Å². The van der Waals surface area contributed by atoms with Gasteiger partial charge in [-0.1, -0.05) is 24.3 Å². The summed E-state index contributed by atoms with van der Waals surface area (Å²) in [6.07, 6.45) is 1.58. The highest BCUT2D eigenvalue weighted by Crippen LogP contribution is 2.12. The van der Waals surface area contributed by atoms with Crippen LogP contribution in [0.1, 0.15) is 39.8 Å². The summed E-state index contributed by atoms with van der Waals surface area (Å²) < 4.78 is 7.33. The van der Waals surface area contributed by atoms with Crippen molar-refractivity contribution in [3.63, 3.8) is 0 Å². The normalized spacial score (nSPS) is 10.6. The smallest absolute Gasteiger partial charge is 0.251 e. The van der Waals surface area contributed by atoms with Gasteiger partial charge in [0.1, 0.15) is 0 Å². The Kier molecular flexibility index (Phi) is 5.86. The molecule has 0 unspecified atom stereocenters. The first-order valence-electron chi connectivity index (χ1n) is 9.01. The van der Waals surface area contributed by atoms with E-state index >= 15 is 0 Å². The van der Waals surface area contributed by atoms with Crippen molar-refractivity contribution in [3.8, 4) is 5.88 Å². The Morgan fingerprint density at radius 1 is 1.15 bits per heavy atom. The second-order valence-corrected chi connectivity index (χ2v) is 6.40. The number of hydrogen-bond acceptors (Lipinski definition) is 4. The molecule has 6 nitrogen and oxygen atoms in total. The SMILES string of the molecule is CCOc1cc(C(=O)NCc2cccc(Cn3nc(C)cc3C)c2)ccn1. The molecule has 0 atom stereocenters. The van der Waals surface area contributed by atoms with E-state index in [1.807, 2.05) is 30.7 Å². The van der Waals surface area contributed by atoms with Gasteiger partial charge in [-0.2, -0.15) is 5.10 Å². The molecule has 3 aromatic rings. The van der Waals surface area contributed by atoms with Crippen molar-refractivity contribution in [1.82, 2.24) is 20.1 Å². The molecule has 0 radical (unpaired) electrons. The second kappa shape index (κ2) is 8.49. The first-order valence-corrected chi connectivity index (χ1v) is 9.01. The lowest BCUT2D eigenvalue weighted by Gasteiger charge is -2.09. The molecule has 0 saturated heterocycles. The first kappa shape index (κ1) is 18.6. The molecule has 3 rings (SSSR count). The van der Waals surface area contributed by atoms with E-state index in [-0.39, 0.29) is 5.91 Å². The summed E-state index contributed by atoms with van der Waals surface area (Å²) in [5.74, 6) is 0.305. The highest BCUT2D eigenvalue weighted by molar-refractivity contribution is 5.94. The quantitative estimate of drug-likeness (QED) is 0.699. The monoisotopic (exact) mass is 364 g/mol. The first-order chi connectivity index (χ1) is 13.0. The molecule has 27 heavy (non-hydrogen) atoms. The van der Waals surface area contributed by atoms with E-state index in [1.165, 1.54) is 0 Å². The van der Waals surface area contributed by atoms with Gasteiger partial charge in [0.25, 0.3) is 5.91 Å². The van der Waals surface area contributed by atoms with E-state index in [0.717, 1.165) is 22.5 Å². The number of carbonyl (C=O) groups is 1. The lowest BCUT2D eigenvalue weighted by molar-refractivity contribution is 0.0950. The van der Waals surface area contributed by atoms with Gasteiger partial charge in [-0.05, 0) is 44.0 Å². The fourth-order valence-corrected chi connectivity index (χ4v) is 2.91. The molecule has 1 aromatic carbocycles. The van der Waals surface area contributed by atoms with Crippen LogP contribution < -0.4 is 10.1 Å². The topological polar surface area (TPSA) is 69.0 Å². The van der Waals surface area contributed by atoms with Gasteiger partial charge in [-0.3, -0.25) is 9.48 Å². The summed E-state index contributed by atoms with van der Waals surface area (Å²) in [6, 6.07) is 13.6.